The minimum Gasteiger partial charge on any atom is -0.504 e. The monoisotopic (exact) mass is 319 g/mol. The number of nitrogens with one attached hydrogen (secondary N) is 1. The van der Waals surface area contributed by atoms with Gasteiger partial charge in [0.2, 0.25) is 0 Å². The Morgan fingerprint density at radius 1 is 1.23 bits per heavy atom. The Hall–Kier alpha value is -1.91. The molecule has 1 heterocycles. The van der Waals surface area contributed by atoms with Crippen LogP contribution in [0.4, 0.5) is 0 Å². The van der Waals surface area contributed by atoms with E-state index in [4.69, 9.17) is 16.3 Å². The van der Waals surface area contributed by atoms with Crippen LogP contribution in [0, 0.1) is 0 Å². The van der Waals surface area contributed by atoms with Crippen molar-refractivity contribution in [2.75, 3.05) is 20.2 Å². The Balaban J connectivity index is 2.10. The van der Waals surface area contributed by atoms with E-state index in [9.17, 15) is 10.2 Å². The third kappa shape index (κ3) is 2.60. The normalized spacial score (nSPS) is 17.6. The number of rotatable bonds is 2. The zero-order chi connectivity index (χ0) is 15.7. The lowest BCUT2D eigenvalue weighted by molar-refractivity contribution is 0.402. The summed E-state index contributed by atoms with van der Waals surface area (Å²) in [6, 6.07) is 9.48. The molecule has 0 radical (unpaired) electrons. The molecule has 0 fully saturated rings. The van der Waals surface area contributed by atoms with E-state index in [1.165, 1.54) is 0 Å². The Labute approximate surface area is 134 Å². The standard InChI is InChI=1S/C17H18ClNO3/c1-22-11-4-2-10(3-5-11)14-9-19-7-6-12-13(14)8-15(20)17(21)16(12)18/h2-5,8,14,19-21H,6-7,9H2,1H3. The summed E-state index contributed by atoms with van der Waals surface area (Å²) < 4.78 is 5.19. The Kier molecular flexibility index (Phi) is 4.14. The fraction of sp³-hybridized carbons (Fsp3) is 0.294. The number of methoxy groups -OCH3 is 1. The van der Waals surface area contributed by atoms with Crippen LogP contribution >= 0.6 is 11.6 Å². The first kappa shape index (κ1) is 15.0. The van der Waals surface area contributed by atoms with Crippen molar-refractivity contribution in [2.24, 2.45) is 0 Å². The zero-order valence-corrected chi connectivity index (χ0v) is 13.0. The molecule has 1 atom stereocenters. The highest BCUT2D eigenvalue weighted by atomic mass is 35.5. The summed E-state index contributed by atoms with van der Waals surface area (Å²) in [6.45, 7) is 1.53. The molecule has 1 aliphatic heterocycles. The second-order valence-electron chi connectivity index (χ2n) is 5.41. The van der Waals surface area contributed by atoms with Crippen molar-refractivity contribution in [1.29, 1.82) is 0 Å². The number of ether oxygens (including phenoxy) is 1. The molecule has 0 saturated carbocycles. The average molecular weight is 320 g/mol. The Morgan fingerprint density at radius 2 is 1.95 bits per heavy atom. The van der Waals surface area contributed by atoms with Gasteiger partial charge in [0, 0.05) is 12.5 Å². The summed E-state index contributed by atoms with van der Waals surface area (Å²) in [4.78, 5) is 0. The Bertz CT molecular complexity index is 685. The topological polar surface area (TPSA) is 61.7 Å². The van der Waals surface area contributed by atoms with Gasteiger partial charge < -0.3 is 20.3 Å². The fourth-order valence-corrected chi connectivity index (χ4v) is 3.25. The van der Waals surface area contributed by atoms with Crippen molar-refractivity contribution in [1.82, 2.24) is 5.32 Å². The summed E-state index contributed by atoms with van der Waals surface area (Å²) in [7, 11) is 1.64. The minimum atomic E-state index is -0.240. The van der Waals surface area contributed by atoms with Crippen LogP contribution in [0.3, 0.4) is 0 Å². The molecule has 5 heteroatoms. The maximum atomic E-state index is 9.92. The summed E-state index contributed by atoms with van der Waals surface area (Å²) >= 11 is 6.23. The molecular formula is C17H18ClNO3. The van der Waals surface area contributed by atoms with E-state index in [1.807, 2.05) is 24.3 Å². The van der Waals surface area contributed by atoms with E-state index >= 15 is 0 Å². The molecule has 0 saturated heterocycles. The van der Waals surface area contributed by atoms with Gasteiger partial charge in [-0.3, -0.25) is 0 Å². The van der Waals surface area contributed by atoms with Crippen LogP contribution < -0.4 is 10.1 Å². The Morgan fingerprint density at radius 3 is 2.64 bits per heavy atom. The first-order valence-electron chi connectivity index (χ1n) is 7.19. The molecule has 3 N–H and O–H groups in total. The number of phenols is 2. The van der Waals surface area contributed by atoms with Gasteiger partial charge in [-0.2, -0.15) is 0 Å². The second kappa shape index (κ2) is 6.07. The van der Waals surface area contributed by atoms with Gasteiger partial charge in [-0.15, -0.1) is 0 Å². The lowest BCUT2D eigenvalue weighted by Crippen LogP contribution is -2.20. The van der Waals surface area contributed by atoms with Crippen LogP contribution in [0.2, 0.25) is 5.02 Å². The smallest absolute Gasteiger partial charge is 0.176 e. The molecule has 1 unspecified atom stereocenters. The summed E-state index contributed by atoms with van der Waals surface area (Å²) in [5.74, 6) is 0.449. The third-order valence-electron chi connectivity index (χ3n) is 4.15. The van der Waals surface area contributed by atoms with Crippen LogP contribution in [0.1, 0.15) is 22.6 Å². The van der Waals surface area contributed by atoms with Crippen molar-refractivity contribution in [3.8, 4) is 17.2 Å². The van der Waals surface area contributed by atoms with Gasteiger partial charge >= 0.3 is 0 Å². The number of phenolic OH excluding ortho intramolecular Hbond substituents is 2. The van der Waals surface area contributed by atoms with E-state index in [0.717, 1.165) is 35.5 Å². The minimum absolute atomic E-state index is 0.0624. The van der Waals surface area contributed by atoms with Crippen molar-refractivity contribution < 1.29 is 14.9 Å². The molecule has 0 amide bonds. The van der Waals surface area contributed by atoms with E-state index in [1.54, 1.807) is 13.2 Å². The number of halogens is 1. The van der Waals surface area contributed by atoms with Gasteiger partial charge in [-0.25, -0.2) is 0 Å². The zero-order valence-electron chi connectivity index (χ0n) is 12.3. The molecule has 0 aromatic heterocycles. The molecule has 2 aromatic carbocycles. The lowest BCUT2D eigenvalue weighted by Gasteiger charge is -2.20. The molecule has 22 heavy (non-hydrogen) atoms. The molecule has 0 spiro atoms. The maximum absolute atomic E-state index is 9.92. The van der Waals surface area contributed by atoms with Gasteiger partial charge in [0.05, 0.1) is 12.1 Å². The van der Waals surface area contributed by atoms with E-state index in [-0.39, 0.29) is 22.4 Å². The van der Waals surface area contributed by atoms with Crippen molar-refractivity contribution in [2.45, 2.75) is 12.3 Å². The molecule has 0 aliphatic carbocycles. The highest BCUT2D eigenvalue weighted by molar-refractivity contribution is 6.33. The van der Waals surface area contributed by atoms with Crippen LogP contribution in [0.15, 0.2) is 30.3 Å². The summed E-state index contributed by atoms with van der Waals surface area (Å²) in [5.41, 5.74) is 2.95. The number of aromatic hydroxyl groups is 2. The number of benzene rings is 2. The van der Waals surface area contributed by atoms with Gasteiger partial charge in [-0.05, 0) is 47.9 Å². The van der Waals surface area contributed by atoms with Gasteiger partial charge in [0.15, 0.2) is 11.5 Å². The number of hydrogen-bond acceptors (Lipinski definition) is 4. The number of fused-ring (bicyclic) bond motifs is 1. The van der Waals surface area contributed by atoms with Crippen LogP contribution in [-0.4, -0.2) is 30.4 Å². The van der Waals surface area contributed by atoms with Gasteiger partial charge in [0.25, 0.3) is 0 Å². The largest absolute Gasteiger partial charge is 0.504 e. The molecule has 1 aliphatic rings. The summed E-state index contributed by atoms with van der Waals surface area (Å²) in [6.07, 6.45) is 0.717. The van der Waals surface area contributed by atoms with E-state index < -0.39 is 0 Å². The van der Waals surface area contributed by atoms with Crippen LogP contribution in [0.25, 0.3) is 0 Å². The van der Waals surface area contributed by atoms with Crippen molar-refractivity contribution >= 4 is 11.6 Å². The predicted molar refractivity (Wildman–Crippen MR) is 86.2 cm³/mol. The molecule has 0 bridgehead atoms. The predicted octanol–water partition coefficient (Wildman–Crippen LogP) is 3.04. The first-order valence-corrected chi connectivity index (χ1v) is 7.57. The second-order valence-corrected chi connectivity index (χ2v) is 5.78. The van der Waals surface area contributed by atoms with Crippen molar-refractivity contribution in [3.05, 3.63) is 52.0 Å². The summed E-state index contributed by atoms with van der Waals surface area (Å²) in [5, 5.41) is 23.4. The van der Waals surface area contributed by atoms with Crippen molar-refractivity contribution in [3.63, 3.8) is 0 Å². The average Bonchev–Trinajstić information content (AvgIpc) is 2.75. The lowest BCUT2D eigenvalue weighted by atomic mass is 9.87. The molecule has 2 aromatic rings. The maximum Gasteiger partial charge on any atom is 0.176 e. The highest BCUT2D eigenvalue weighted by Crippen LogP contribution is 2.42. The van der Waals surface area contributed by atoms with Crippen LogP contribution in [-0.2, 0) is 6.42 Å². The fourth-order valence-electron chi connectivity index (χ4n) is 2.95. The molecular weight excluding hydrogens is 302 g/mol. The van der Waals surface area contributed by atoms with E-state index in [2.05, 4.69) is 5.32 Å². The van der Waals surface area contributed by atoms with Gasteiger partial charge in [-0.1, -0.05) is 23.7 Å². The van der Waals surface area contributed by atoms with Gasteiger partial charge in [0.1, 0.15) is 5.75 Å². The molecule has 116 valence electrons. The third-order valence-corrected chi connectivity index (χ3v) is 4.56. The number of hydrogen-bond donors (Lipinski definition) is 3. The quantitative estimate of drug-likeness (QED) is 0.745. The molecule has 4 nitrogen and oxygen atoms in total. The molecule has 3 rings (SSSR count). The SMILES string of the molecule is COc1ccc(C2CNCCc3c2cc(O)c(O)c3Cl)cc1. The van der Waals surface area contributed by atoms with E-state index in [0.29, 0.717) is 6.42 Å². The first-order chi connectivity index (χ1) is 10.6. The highest BCUT2D eigenvalue weighted by Gasteiger charge is 2.25. The van der Waals surface area contributed by atoms with Crippen LogP contribution in [0.5, 0.6) is 17.2 Å².